The standard InChI is InChI=1S/C3H3.Al.2H2/c1-3-2;;;/h1H,2H2;;2*1H. The van der Waals surface area contributed by atoms with Crippen LogP contribution in [0.5, 0.6) is 0 Å². The summed E-state index contributed by atoms with van der Waals surface area (Å²) in [7, 11) is 0. The topological polar surface area (TPSA) is 0 Å². The summed E-state index contributed by atoms with van der Waals surface area (Å²) in [4.78, 5) is 0. The average Bonchev–Trinajstić information content (AvgIpc) is 0.918. The molecular formula is C3H7Al. The minimum absolute atomic E-state index is 0. The largest absolute Gasteiger partial charge is 0.120 e. The lowest BCUT2D eigenvalue weighted by Crippen LogP contribution is -1.12. The maximum atomic E-state index is 4.49. The van der Waals surface area contributed by atoms with Gasteiger partial charge in [-0.2, -0.15) is 0 Å². The van der Waals surface area contributed by atoms with Crippen molar-refractivity contribution in [1.82, 2.24) is 0 Å². The number of hydrogen-bond acceptors (Lipinski definition) is 0. The molecule has 0 aliphatic carbocycles. The van der Waals surface area contributed by atoms with Gasteiger partial charge in [-0.25, -0.2) is 0 Å². The van der Waals surface area contributed by atoms with Crippen molar-refractivity contribution >= 4 is 17.4 Å². The van der Waals surface area contributed by atoms with Gasteiger partial charge in [0, 0.05) is 27.1 Å². The fraction of sp³-hybridized carbons (Fsp3) is 0. The molecule has 0 aromatic heterocycles. The highest BCUT2D eigenvalue weighted by molar-refractivity contribution is 5.75. The second-order valence-corrected chi connectivity index (χ2v) is 0.204. The maximum Gasteiger partial charge on any atom is 0.0196 e. The van der Waals surface area contributed by atoms with Gasteiger partial charge in [0.05, 0.1) is 0 Å². The van der Waals surface area contributed by atoms with Gasteiger partial charge in [0.2, 0.25) is 0 Å². The molecule has 0 saturated heterocycles. The quantitative estimate of drug-likeness (QED) is 0.288. The first-order chi connectivity index (χ1) is 1.41. The zero-order chi connectivity index (χ0) is 2.71. The third-order valence-electron chi connectivity index (χ3n) is 0. The summed E-state index contributed by atoms with van der Waals surface area (Å²) >= 11 is 0. The first kappa shape index (κ1) is 8.94. The van der Waals surface area contributed by atoms with Crippen molar-refractivity contribution in [3.63, 3.8) is 0 Å². The molecule has 0 heterocycles. The third kappa shape index (κ3) is 292. The van der Waals surface area contributed by atoms with Gasteiger partial charge in [0.25, 0.3) is 0 Å². The van der Waals surface area contributed by atoms with E-state index in [1.54, 1.807) is 0 Å². The molecule has 0 aliphatic rings. The predicted octanol–water partition coefficient (Wildman–Crippen LogP) is 0.565. The lowest BCUT2D eigenvalue weighted by Gasteiger charge is -1.22. The van der Waals surface area contributed by atoms with E-state index in [2.05, 4.69) is 13.3 Å². The average molecular weight is 70.1 g/mol. The zero-order valence-corrected chi connectivity index (χ0v) is 3.52. The van der Waals surface area contributed by atoms with Crippen LogP contribution in [0.1, 0.15) is 2.85 Å². The van der Waals surface area contributed by atoms with Crippen molar-refractivity contribution in [2.45, 2.75) is 0 Å². The van der Waals surface area contributed by atoms with Crippen LogP contribution in [0.15, 0.2) is 0 Å². The van der Waals surface area contributed by atoms with E-state index in [1.165, 1.54) is 0 Å². The highest BCUT2D eigenvalue weighted by Crippen LogP contribution is 1.19. The van der Waals surface area contributed by atoms with Crippen molar-refractivity contribution in [2.75, 3.05) is 0 Å². The fourth-order valence-corrected chi connectivity index (χ4v) is 0. The smallest absolute Gasteiger partial charge is 0.0196 e. The van der Waals surface area contributed by atoms with E-state index in [-0.39, 0.29) is 20.2 Å². The van der Waals surface area contributed by atoms with E-state index in [0.29, 0.717) is 0 Å². The molecule has 0 saturated carbocycles. The minimum atomic E-state index is 0. The van der Waals surface area contributed by atoms with E-state index in [4.69, 9.17) is 0 Å². The van der Waals surface area contributed by atoms with Crippen molar-refractivity contribution in [2.24, 2.45) is 0 Å². The highest BCUT2D eigenvalue weighted by atomic mass is 27.0. The van der Waals surface area contributed by atoms with E-state index in [0.717, 1.165) is 0 Å². The Morgan fingerprint density at radius 1 is 2.00 bits per heavy atom. The maximum absolute atomic E-state index is 4.49. The molecule has 1 heteroatoms. The molecule has 0 amide bonds. The van der Waals surface area contributed by atoms with E-state index < -0.39 is 0 Å². The summed E-state index contributed by atoms with van der Waals surface area (Å²) < 4.78 is 0. The van der Waals surface area contributed by atoms with Crippen molar-refractivity contribution in [1.29, 1.82) is 0 Å². The predicted molar refractivity (Wildman–Crippen MR) is 24.2 cm³/mol. The Labute approximate surface area is 40.3 Å². The molecule has 0 nitrogen and oxygen atoms in total. The summed E-state index contributed by atoms with van der Waals surface area (Å²) in [6.45, 7) is 3.01. The molecule has 0 aromatic rings. The van der Waals surface area contributed by atoms with Gasteiger partial charge in [0.15, 0.2) is 0 Å². The molecule has 0 aromatic carbocycles. The van der Waals surface area contributed by atoms with Crippen LogP contribution < -0.4 is 0 Å². The minimum Gasteiger partial charge on any atom is -0.120 e. The van der Waals surface area contributed by atoms with Crippen LogP contribution in [0.25, 0.3) is 0 Å². The molecule has 0 unspecified atom stereocenters. The van der Waals surface area contributed by atoms with Crippen LogP contribution in [-0.4, -0.2) is 17.4 Å². The van der Waals surface area contributed by atoms with E-state index in [9.17, 15) is 0 Å². The summed E-state index contributed by atoms with van der Waals surface area (Å²) in [6, 6.07) is 0. The zero-order valence-electron chi connectivity index (χ0n) is 2.36. The Hall–Kier alpha value is 0.0925. The third-order valence-corrected chi connectivity index (χ3v) is 0. The first-order valence-electron chi connectivity index (χ1n) is 0.642. The van der Waals surface area contributed by atoms with Crippen molar-refractivity contribution < 1.29 is 2.85 Å². The van der Waals surface area contributed by atoms with Gasteiger partial charge < -0.3 is 0 Å². The van der Waals surface area contributed by atoms with Crippen molar-refractivity contribution in [3.05, 3.63) is 6.92 Å². The summed E-state index contributed by atoms with van der Waals surface area (Å²) in [5.74, 6) is 2.00. The normalized spacial score (nSPS) is 2.00. The molecule has 0 bridgehead atoms. The Morgan fingerprint density at radius 2 is 2.00 bits per heavy atom. The second-order valence-electron chi connectivity index (χ2n) is 0.204. The molecule has 4 heavy (non-hydrogen) atoms. The monoisotopic (exact) mass is 70.0 g/mol. The molecule has 4 radical (unpaired) electrons. The summed E-state index contributed by atoms with van der Waals surface area (Å²) in [5, 5.41) is 0. The molecule has 0 rings (SSSR count). The number of hydrogen-bond donors (Lipinski definition) is 0. The molecule has 22 valence electrons. The van der Waals surface area contributed by atoms with Gasteiger partial charge in [-0.05, 0) is 0 Å². The molecular weight excluding hydrogens is 63.0 g/mol. The first-order valence-corrected chi connectivity index (χ1v) is 0.642. The van der Waals surface area contributed by atoms with Gasteiger partial charge in [-0.1, -0.05) is 0 Å². The van der Waals surface area contributed by atoms with Crippen LogP contribution in [0.3, 0.4) is 0 Å². The molecule has 0 aliphatic heterocycles. The SMILES string of the molecule is C#C[CH2].[Al].[HH].[HH]. The van der Waals surface area contributed by atoms with E-state index in [1.807, 2.05) is 5.92 Å². The fourth-order valence-electron chi connectivity index (χ4n) is 0. The van der Waals surface area contributed by atoms with Gasteiger partial charge in [-0.15, -0.1) is 12.3 Å². The van der Waals surface area contributed by atoms with Crippen molar-refractivity contribution in [3.8, 4) is 12.3 Å². The van der Waals surface area contributed by atoms with Gasteiger partial charge in [0.1, 0.15) is 0 Å². The highest BCUT2D eigenvalue weighted by Gasteiger charge is 1.10. The number of terminal acetylenes is 1. The Morgan fingerprint density at radius 3 is 2.00 bits per heavy atom. The van der Waals surface area contributed by atoms with Crippen LogP contribution in [0.4, 0.5) is 0 Å². The second kappa shape index (κ2) is 11.3. The van der Waals surface area contributed by atoms with Gasteiger partial charge >= 0.3 is 0 Å². The Balaban J connectivity index is -0.00000000667. The molecule has 0 fully saturated rings. The lowest BCUT2D eigenvalue weighted by atomic mass is 10.9. The number of rotatable bonds is 0. The van der Waals surface area contributed by atoms with Crippen LogP contribution in [-0.2, 0) is 0 Å². The Bertz CT molecular complexity index is 30.3. The van der Waals surface area contributed by atoms with Crippen LogP contribution >= 0.6 is 0 Å². The Kier molecular flexibility index (Phi) is 25.4. The van der Waals surface area contributed by atoms with Gasteiger partial charge in [-0.3, -0.25) is 0 Å². The molecule has 0 N–H and O–H groups in total. The summed E-state index contributed by atoms with van der Waals surface area (Å²) in [5.41, 5.74) is 0. The van der Waals surface area contributed by atoms with Crippen LogP contribution in [0, 0.1) is 19.3 Å². The molecule has 0 spiro atoms. The summed E-state index contributed by atoms with van der Waals surface area (Å²) in [6.07, 6.45) is 4.49. The lowest BCUT2D eigenvalue weighted by molar-refractivity contribution is 2.43. The van der Waals surface area contributed by atoms with Crippen LogP contribution in [0.2, 0.25) is 0 Å². The van der Waals surface area contributed by atoms with E-state index >= 15 is 0 Å². The molecule has 0 atom stereocenters.